The fraction of sp³-hybridized carbons (Fsp3) is 0.120. The molecular weight excluding hydrogens is 414 g/mol. The van der Waals surface area contributed by atoms with Gasteiger partial charge in [0.05, 0.1) is 5.56 Å². The zero-order chi connectivity index (χ0) is 23.4. The third-order valence-corrected chi connectivity index (χ3v) is 4.89. The van der Waals surface area contributed by atoms with Gasteiger partial charge in [0, 0.05) is 23.0 Å². The lowest BCUT2D eigenvalue weighted by Gasteiger charge is -2.17. The van der Waals surface area contributed by atoms with Gasteiger partial charge in [0.2, 0.25) is 5.88 Å². The molecule has 0 aliphatic heterocycles. The molecule has 0 radical (unpaired) electrons. The van der Waals surface area contributed by atoms with Crippen LogP contribution in [0.3, 0.4) is 0 Å². The normalized spacial score (nSPS) is 10.6. The fourth-order valence-corrected chi connectivity index (χ4v) is 3.37. The molecule has 2 aromatic carbocycles. The number of rotatable bonds is 7. The number of nitrogen functional groups attached to an aromatic ring is 2. The number of aromatic nitrogens is 3. The maximum atomic E-state index is 8.31. The van der Waals surface area contributed by atoms with Gasteiger partial charge < -0.3 is 26.9 Å². The van der Waals surface area contributed by atoms with Crippen molar-refractivity contribution in [1.82, 2.24) is 15.0 Å². The molecule has 33 heavy (non-hydrogen) atoms. The molecule has 0 saturated heterocycles. The van der Waals surface area contributed by atoms with Gasteiger partial charge in [0.1, 0.15) is 24.1 Å². The Hall–Kier alpha value is -4.46. The number of nitrogens with one attached hydrogen (secondary N) is 2. The van der Waals surface area contributed by atoms with Gasteiger partial charge in [-0.3, -0.25) is 0 Å². The summed E-state index contributed by atoms with van der Waals surface area (Å²) in [7, 11) is 0. The predicted molar refractivity (Wildman–Crippen MR) is 132 cm³/mol. The summed E-state index contributed by atoms with van der Waals surface area (Å²) in [6.07, 6.45) is 0. The lowest BCUT2D eigenvalue weighted by Crippen LogP contribution is -2.09. The minimum absolute atomic E-state index is 0.238. The highest BCUT2D eigenvalue weighted by Crippen LogP contribution is 2.33. The molecule has 4 rings (SSSR count). The average molecular weight is 440 g/mol. The largest absolute Gasteiger partial charge is 0.472 e. The molecule has 0 saturated carbocycles. The number of pyridine rings is 1. The Balaban J connectivity index is 1.82. The van der Waals surface area contributed by atoms with Crippen LogP contribution < -0.4 is 21.5 Å². The topological polar surface area (TPSA) is 136 Å². The van der Waals surface area contributed by atoms with Crippen LogP contribution in [0.2, 0.25) is 0 Å². The second-order valence-corrected chi connectivity index (χ2v) is 7.67. The van der Waals surface area contributed by atoms with Crippen molar-refractivity contribution in [2.75, 3.05) is 16.8 Å². The summed E-state index contributed by atoms with van der Waals surface area (Å²) < 4.78 is 6.14. The number of ether oxygens (including phenoxy) is 1. The van der Waals surface area contributed by atoms with Crippen LogP contribution >= 0.6 is 0 Å². The SMILES string of the molecule is CC(=N)c1cc(-c2nc(N)cc(N)n2)c(OCc2cccc(C)c2)nc1Nc1ccccc1. The van der Waals surface area contributed by atoms with E-state index in [0.29, 0.717) is 35.1 Å². The fourth-order valence-electron chi connectivity index (χ4n) is 3.37. The van der Waals surface area contributed by atoms with Crippen molar-refractivity contribution in [3.8, 4) is 17.3 Å². The van der Waals surface area contributed by atoms with Crippen molar-refractivity contribution in [3.63, 3.8) is 0 Å². The number of nitrogens with two attached hydrogens (primary N) is 2. The van der Waals surface area contributed by atoms with E-state index in [9.17, 15) is 0 Å². The van der Waals surface area contributed by atoms with Crippen molar-refractivity contribution in [2.24, 2.45) is 0 Å². The molecule has 2 aromatic heterocycles. The molecule has 0 aliphatic rings. The molecule has 0 atom stereocenters. The molecule has 4 aromatic rings. The summed E-state index contributed by atoms with van der Waals surface area (Å²) in [6.45, 7) is 4.02. The molecule has 0 bridgehead atoms. The van der Waals surface area contributed by atoms with Crippen LogP contribution in [0, 0.1) is 12.3 Å². The predicted octanol–water partition coefficient (Wildman–Crippen LogP) is 4.72. The molecule has 8 heteroatoms. The number of para-hydroxylation sites is 1. The first-order valence-corrected chi connectivity index (χ1v) is 10.4. The van der Waals surface area contributed by atoms with Crippen LogP contribution in [0.15, 0.2) is 66.7 Å². The Morgan fingerprint density at radius 1 is 0.939 bits per heavy atom. The summed E-state index contributed by atoms with van der Waals surface area (Å²) in [5.41, 5.74) is 16.2. The van der Waals surface area contributed by atoms with E-state index < -0.39 is 0 Å². The smallest absolute Gasteiger partial charge is 0.226 e. The van der Waals surface area contributed by atoms with Crippen molar-refractivity contribution >= 4 is 28.9 Å². The third kappa shape index (κ3) is 5.24. The maximum absolute atomic E-state index is 8.31. The van der Waals surface area contributed by atoms with E-state index in [2.05, 4.69) is 15.3 Å². The Bertz CT molecular complexity index is 1290. The molecule has 0 fully saturated rings. The van der Waals surface area contributed by atoms with Crippen molar-refractivity contribution in [3.05, 3.63) is 83.4 Å². The van der Waals surface area contributed by atoms with E-state index in [1.54, 1.807) is 13.0 Å². The molecule has 0 unspecified atom stereocenters. The van der Waals surface area contributed by atoms with Gasteiger partial charge in [-0.2, -0.15) is 4.98 Å². The second kappa shape index (κ2) is 9.35. The lowest BCUT2D eigenvalue weighted by molar-refractivity contribution is 0.295. The lowest BCUT2D eigenvalue weighted by atomic mass is 10.1. The maximum Gasteiger partial charge on any atom is 0.226 e. The first-order valence-electron chi connectivity index (χ1n) is 10.4. The highest BCUT2D eigenvalue weighted by atomic mass is 16.5. The Kier molecular flexibility index (Phi) is 6.17. The second-order valence-electron chi connectivity index (χ2n) is 7.67. The van der Waals surface area contributed by atoms with Gasteiger partial charge in [-0.05, 0) is 37.6 Å². The summed E-state index contributed by atoms with van der Waals surface area (Å²) in [6, 6.07) is 20.9. The van der Waals surface area contributed by atoms with E-state index in [0.717, 1.165) is 16.8 Å². The zero-order valence-electron chi connectivity index (χ0n) is 18.5. The first-order chi connectivity index (χ1) is 15.9. The number of hydrogen-bond acceptors (Lipinski definition) is 8. The van der Waals surface area contributed by atoms with Gasteiger partial charge in [-0.1, -0.05) is 48.0 Å². The quantitative estimate of drug-likeness (QED) is 0.306. The minimum Gasteiger partial charge on any atom is -0.472 e. The van der Waals surface area contributed by atoms with E-state index in [4.69, 9.17) is 26.6 Å². The summed E-state index contributed by atoms with van der Waals surface area (Å²) in [5, 5.41) is 11.6. The van der Waals surface area contributed by atoms with Crippen LogP contribution in [0.1, 0.15) is 23.6 Å². The van der Waals surface area contributed by atoms with Crippen LogP contribution in [-0.4, -0.2) is 20.7 Å². The first kappa shape index (κ1) is 21.8. The van der Waals surface area contributed by atoms with Gasteiger partial charge in [-0.25, -0.2) is 9.97 Å². The molecular formula is C25H25N7O. The third-order valence-electron chi connectivity index (χ3n) is 4.89. The minimum atomic E-state index is 0.238. The van der Waals surface area contributed by atoms with Gasteiger partial charge >= 0.3 is 0 Å². The number of anilines is 4. The number of aryl methyl sites for hydroxylation is 1. The molecule has 2 heterocycles. The van der Waals surface area contributed by atoms with Crippen LogP contribution in [-0.2, 0) is 6.61 Å². The van der Waals surface area contributed by atoms with Crippen LogP contribution in [0.4, 0.5) is 23.1 Å². The Labute approximate surface area is 192 Å². The van der Waals surface area contributed by atoms with E-state index in [1.165, 1.54) is 6.07 Å². The zero-order valence-corrected chi connectivity index (χ0v) is 18.5. The Morgan fingerprint density at radius 2 is 1.67 bits per heavy atom. The van der Waals surface area contributed by atoms with Gasteiger partial charge in [0.15, 0.2) is 5.82 Å². The summed E-state index contributed by atoms with van der Waals surface area (Å²) in [4.78, 5) is 13.4. The number of hydrogen-bond donors (Lipinski definition) is 4. The number of benzene rings is 2. The summed E-state index contributed by atoms with van der Waals surface area (Å²) in [5.74, 6) is 1.56. The highest BCUT2D eigenvalue weighted by Gasteiger charge is 2.19. The molecule has 0 amide bonds. The van der Waals surface area contributed by atoms with Crippen molar-refractivity contribution in [2.45, 2.75) is 20.5 Å². The monoisotopic (exact) mass is 439 g/mol. The van der Waals surface area contributed by atoms with Crippen LogP contribution in [0.25, 0.3) is 11.4 Å². The van der Waals surface area contributed by atoms with Crippen molar-refractivity contribution < 1.29 is 4.74 Å². The van der Waals surface area contributed by atoms with E-state index in [1.807, 2.05) is 61.5 Å². The molecule has 8 nitrogen and oxygen atoms in total. The van der Waals surface area contributed by atoms with Gasteiger partial charge in [0.25, 0.3) is 0 Å². The summed E-state index contributed by atoms with van der Waals surface area (Å²) >= 11 is 0. The Morgan fingerprint density at radius 3 is 2.33 bits per heavy atom. The van der Waals surface area contributed by atoms with E-state index in [-0.39, 0.29) is 17.5 Å². The standard InChI is InChI=1S/C25H25N7O/c1-15-7-6-8-17(11-15)14-33-25-20(24-30-21(27)13-22(28)31-24)12-19(16(2)26)23(32-25)29-18-9-4-3-5-10-18/h3-13,26H,14H2,1-2H3,(H,29,32)(H4,27,28,30,31). The number of nitrogens with zero attached hydrogens (tertiary/aromatic N) is 3. The van der Waals surface area contributed by atoms with E-state index >= 15 is 0 Å². The molecule has 0 spiro atoms. The van der Waals surface area contributed by atoms with Crippen molar-refractivity contribution in [1.29, 1.82) is 5.41 Å². The van der Waals surface area contributed by atoms with Crippen LogP contribution in [0.5, 0.6) is 5.88 Å². The molecule has 166 valence electrons. The van der Waals surface area contributed by atoms with Gasteiger partial charge in [-0.15, -0.1) is 0 Å². The molecule has 6 N–H and O–H groups in total. The molecule has 0 aliphatic carbocycles. The highest BCUT2D eigenvalue weighted by molar-refractivity contribution is 6.02. The average Bonchev–Trinajstić information content (AvgIpc) is 2.77.